The third kappa shape index (κ3) is 3.90. The number of rotatable bonds is 5. The predicted octanol–water partition coefficient (Wildman–Crippen LogP) is 1.45. The van der Waals surface area contributed by atoms with Crippen molar-refractivity contribution < 1.29 is 14.7 Å². The minimum Gasteiger partial charge on any atom is -0.392 e. The summed E-state index contributed by atoms with van der Waals surface area (Å²) in [4.78, 5) is 27.8. The Morgan fingerprint density at radius 3 is 2.64 bits per heavy atom. The summed E-state index contributed by atoms with van der Waals surface area (Å²) in [6, 6.07) is 7.18. The minimum atomic E-state index is -0.722. The summed E-state index contributed by atoms with van der Waals surface area (Å²) >= 11 is 1.28. The van der Waals surface area contributed by atoms with Gasteiger partial charge in [-0.3, -0.25) is 9.59 Å². The maximum Gasteiger partial charge on any atom is 0.314 e. The molecule has 6 nitrogen and oxygen atoms in total. The topological polar surface area (TPSA) is 91.3 Å². The highest BCUT2D eigenvalue weighted by Gasteiger charge is 2.16. The number of hydrogen-bond acceptors (Lipinski definition) is 5. The molecule has 116 valence electrons. The van der Waals surface area contributed by atoms with Gasteiger partial charge < -0.3 is 15.7 Å². The van der Waals surface area contributed by atoms with Crippen LogP contribution in [0.2, 0.25) is 0 Å². The Kier molecular flexibility index (Phi) is 5.62. The normalized spacial score (nSPS) is 10.3. The van der Waals surface area contributed by atoms with Crippen molar-refractivity contribution in [2.45, 2.75) is 26.5 Å². The van der Waals surface area contributed by atoms with Gasteiger partial charge in [-0.1, -0.05) is 31.2 Å². The lowest BCUT2D eigenvalue weighted by Crippen LogP contribution is -2.35. The number of aliphatic hydroxyl groups excluding tert-OH is 1. The summed E-state index contributed by atoms with van der Waals surface area (Å²) in [6.07, 6.45) is 0.685. The van der Waals surface area contributed by atoms with Crippen LogP contribution >= 0.6 is 11.3 Å². The molecule has 7 heteroatoms. The van der Waals surface area contributed by atoms with Crippen molar-refractivity contribution in [3.05, 3.63) is 46.6 Å². The van der Waals surface area contributed by atoms with E-state index in [1.54, 1.807) is 23.7 Å². The average molecular weight is 319 g/mol. The standard InChI is InChI=1S/C15H17N3O3S/c1-2-12-15(22-9-17-12)18-14(21)13(20)16-7-10-5-3-4-6-11(10)8-19/h3-6,9,19H,2,7-8H2,1H3,(H,16,20)(H,18,21). The van der Waals surface area contributed by atoms with Gasteiger partial charge in [0.25, 0.3) is 0 Å². The fraction of sp³-hybridized carbons (Fsp3) is 0.267. The molecule has 0 aliphatic rings. The molecule has 0 radical (unpaired) electrons. The first kappa shape index (κ1) is 16.1. The number of anilines is 1. The van der Waals surface area contributed by atoms with Crippen LogP contribution in [0.25, 0.3) is 0 Å². The summed E-state index contributed by atoms with van der Waals surface area (Å²) in [5.41, 5.74) is 3.89. The van der Waals surface area contributed by atoms with Crippen LogP contribution < -0.4 is 10.6 Å². The highest BCUT2D eigenvalue weighted by Crippen LogP contribution is 2.20. The summed E-state index contributed by atoms with van der Waals surface area (Å²) < 4.78 is 0. The molecule has 0 aliphatic carbocycles. The fourth-order valence-corrected chi connectivity index (χ4v) is 2.69. The zero-order chi connectivity index (χ0) is 15.9. The number of aryl methyl sites for hydroxylation is 1. The molecule has 2 aromatic rings. The van der Waals surface area contributed by atoms with Gasteiger partial charge in [-0.2, -0.15) is 0 Å². The van der Waals surface area contributed by atoms with Gasteiger partial charge in [0, 0.05) is 6.54 Å². The smallest absolute Gasteiger partial charge is 0.314 e. The van der Waals surface area contributed by atoms with E-state index >= 15 is 0 Å². The van der Waals surface area contributed by atoms with Crippen molar-refractivity contribution in [3.63, 3.8) is 0 Å². The molecule has 2 rings (SSSR count). The van der Waals surface area contributed by atoms with Crippen LogP contribution in [0, 0.1) is 0 Å². The van der Waals surface area contributed by atoms with Gasteiger partial charge in [0.2, 0.25) is 0 Å². The molecular formula is C15H17N3O3S. The van der Waals surface area contributed by atoms with Gasteiger partial charge in [0.15, 0.2) is 0 Å². The Labute approximate surface area is 132 Å². The van der Waals surface area contributed by atoms with E-state index in [4.69, 9.17) is 0 Å². The third-order valence-corrected chi connectivity index (χ3v) is 3.92. The van der Waals surface area contributed by atoms with E-state index in [1.165, 1.54) is 11.3 Å². The number of thiazole rings is 1. The van der Waals surface area contributed by atoms with Crippen LogP contribution in [0.15, 0.2) is 29.8 Å². The van der Waals surface area contributed by atoms with Crippen LogP contribution in [0.3, 0.4) is 0 Å². The highest BCUT2D eigenvalue weighted by atomic mass is 32.1. The van der Waals surface area contributed by atoms with Gasteiger partial charge in [0.05, 0.1) is 17.8 Å². The fourth-order valence-electron chi connectivity index (χ4n) is 1.92. The summed E-state index contributed by atoms with van der Waals surface area (Å²) in [7, 11) is 0. The molecule has 1 aromatic carbocycles. The van der Waals surface area contributed by atoms with Gasteiger partial charge in [-0.25, -0.2) is 4.98 Å². The van der Waals surface area contributed by atoms with Crippen molar-refractivity contribution in [1.29, 1.82) is 0 Å². The van der Waals surface area contributed by atoms with Crippen molar-refractivity contribution in [2.75, 3.05) is 5.32 Å². The second-order valence-electron chi connectivity index (χ2n) is 4.55. The molecule has 1 heterocycles. The van der Waals surface area contributed by atoms with E-state index in [-0.39, 0.29) is 13.2 Å². The highest BCUT2D eigenvalue weighted by molar-refractivity contribution is 7.14. The van der Waals surface area contributed by atoms with Crippen LogP contribution in [0.4, 0.5) is 5.00 Å². The molecular weight excluding hydrogens is 302 g/mol. The number of nitrogens with one attached hydrogen (secondary N) is 2. The van der Waals surface area contributed by atoms with E-state index in [0.29, 0.717) is 11.4 Å². The molecule has 0 atom stereocenters. The minimum absolute atomic E-state index is 0.112. The number of hydrogen-bond donors (Lipinski definition) is 3. The van der Waals surface area contributed by atoms with E-state index < -0.39 is 11.8 Å². The van der Waals surface area contributed by atoms with Crippen LogP contribution in [-0.2, 0) is 29.2 Å². The molecule has 22 heavy (non-hydrogen) atoms. The van der Waals surface area contributed by atoms with Crippen LogP contribution in [0.1, 0.15) is 23.7 Å². The first-order valence-corrected chi connectivity index (χ1v) is 7.72. The monoisotopic (exact) mass is 319 g/mol. The zero-order valence-electron chi connectivity index (χ0n) is 12.1. The number of carbonyl (C=O) groups excluding carboxylic acids is 2. The second-order valence-corrected chi connectivity index (χ2v) is 5.40. The Bertz CT molecular complexity index is 670. The van der Waals surface area contributed by atoms with E-state index in [1.807, 2.05) is 13.0 Å². The molecule has 0 saturated carbocycles. The van der Waals surface area contributed by atoms with Gasteiger partial charge in [-0.15, -0.1) is 11.3 Å². The lowest BCUT2D eigenvalue weighted by molar-refractivity contribution is -0.136. The number of aliphatic hydroxyl groups is 1. The summed E-state index contributed by atoms with van der Waals surface area (Å²) in [5, 5.41) is 14.9. The van der Waals surface area contributed by atoms with Crippen LogP contribution in [-0.4, -0.2) is 21.9 Å². The summed E-state index contributed by atoms with van der Waals surface area (Å²) in [5.74, 6) is -1.44. The van der Waals surface area contributed by atoms with E-state index in [0.717, 1.165) is 16.8 Å². The van der Waals surface area contributed by atoms with Crippen molar-refractivity contribution in [3.8, 4) is 0 Å². The van der Waals surface area contributed by atoms with Crippen molar-refractivity contribution >= 4 is 28.2 Å². The Morgan fingerprint density at radius 2 is 1.95 bits per heavy atom. The lowest BCUT2D eigenvalue weighted by atomic mass is 10.1. The van der Waals surface area contributed by atoms with Gasteiger partial charge in [0.1, 0.15) is 5.00 Å². The molecule has 0 spiro atoms. The quantitative estimate of drug-likeness (QED) is 0.728. The molecule has 0 bridgehead atoms. The molecule has 0 unspecified atom stereocenters. The number of amides is 2. The predicted molar refractivity (Wildman–Crippen MR) is 84.3 cm³/mol. The number of carbonyl (C=O) groups is 2. The van der Waals surface area contributed by atoms with Gasteiger partial charge in [-0.05, 0) is 17.5 Å². The number of aromatic nitrogens is 1. The molecule has 3 N–H and O–H groups in total. The number of benzene rings is 1. The molecule has 0 saturated heterocycles. The first-order valence-electron chi connectivity index (χ1n) is 6.84. The molecule has 0 aliphatic heterocycles. The first-order chi connectivity index (χ1) is 10.7. The average Bonchev–Trinajstić information content (AvgIpc) is 2.99. The number of nitrogens with zero attached hydrogens (tertiary/aromatic N) is 1. The maximum absolute atomic E-state index is 11.9. The third-order valence-electron chi connectivity index (χ3n) is 3.14. The Balaban J connectivity index is 1.93. The maximum atomic E-state index is 11.9. The largest absolute Gasteiger partial charge is 0.392 e. The van der Waals surface area contributed by atoms with Crippen molar-refractivity contribution in [1.82, 2.24) is 10.3 Å². The zero-order valence-corrected chi connectivity index (χ0v) is 12.9. The molecule has 0 fully saturated rings. The molecule has 2 amide bonds. The lowest BCUT2D eigenvalue weighted by Gasteiger charge is -2.09. The summed E-state index contributed by atoms with van der Waals surface area (Å²) in [6.45, 7) is 2.00. The Hall–Kier alpha value is -2.25. The Morgan fingerprint density at radius 1 is 1.23 bits per heavy atom. The molecule has 1 aromatic heterocycles. The van der Waals surface area contributed by atoms with Crippen LogP contribution in [0.5, 0.6) is 0 Å². The van der Waals surface area contributed by atoms with Gasteiger partial charge >= 0.3 is 11.8 Å². The van der Waals surface area contributed by atoms with E-state index in [2.05, 4.69) is 15.6 Å². The van der Waals surface area contributed by atoms with Crippen molar-refractivity contribution in [2.24, 2.45) is 0 Å². The second kappa shape index (κ2) is 7.67. The van der Waals surface area contributed by atoms with E-state index in [9.17, 15) is 14.7 Å². The SMILES string of the molecule is CCc1ncsc1NC(=O)C(=O)NCc1ccccc1CO.